The molecule has 0 fully saturated rings. The van der Waals surface area contributed by atoms with Crippen molar-refractivity contribution in [1.82, 2.24) is 5.32 Å². The average molecular weight is 235 g/mol. The zero-order valence-electron chi connectivity index (χ0n) is 8.99. The number of aliphatic hydroxyl groups excluding tert-OH is 1. The molecule has 0 saturated heterocycles. The third-order valence-electron chi connectivity index (χ3n) is 1.38. The molecule has 1 atom stereocenters. The van der Waals surface area contributed by atoms with E-state index in [-0.39, 0.29) is 72.3 Å². The minimum Gasteiger partial charge on any atom is -0.550 e. The SMILES string of the molecule is O=C([O-])C[C@H](NCCCO)C(=O)[O-].[Na+].[Na+]. The second kappa shape index (κ2) is 12.9. The predicted molar refractivity (Wildman–Crippen MR) is 38.1 cm³/mol. The zero-order valence-corrected chi connectivity index (χ0v) is 13.0. The summed E-state index contributed by atoms with van der Waals surface area (Å²) in [5.74, 6) is -2.94. The number of hydrogen-bond acceptors (Lipinski definition) is 6. The summed E-state index contributed by atoms with van der Waals surface area (Å²) in [6.45, 7) is 0.139. The van der Waals surface area contributed by atoms with Gasteiger partial charge in [0.05, 0.1) is 12.0 Å². The number of aliphatic hydroxyl groups is 1. The molecule has 6 nitrogen and oxygen atoms in total. The van der Waals surface area contributed by atoms with Crippen LogP contribution in [0, 0.1) is 0 Å². The first-order chi connectivity index (χ1) is 6.07. The van der Waals surface area contributed by atoms with E-state index in [9.17, 15) is 19.8 Å². The molecule has 15 heavy (non-hydrogen) atoms. The summed E-state index contributed by atoms with van der Waals surface area (Å²) in [5.41, 5.74) is 0. The van der Waals surface area contributed by atoms with Crippen LogP contribution < -0.4 is 74.6 Å². The summed E-state index contributed by atoms with van der Waals surface area (Å²) >= 11 is 0. The van der Waals surface area contributed by atoms with E-state index in [1.54, 1.807) is 0 Å². The smallest absolute Gasteiger partial charge is 0.550 e. The third-order valence-corrected chi connectivity index (χ3v) is 1.38. The summed E-state index contributed by atoms with van der Waals surface area (Å²) in [6, 6.07) is -1.25. The predicted octanol–water partition coefficient (Wildman–Crippen LogP) is -9.78. The zero-order chi connectivity index (χ0) is 10.3. The Morgan fingerprint density at radius 1 is 1.27 bits per heavy atom. The minimum atomic E-state index is -1.48. The Morgan fingerprint density at radius 2 is 1.80 bits per heavy atom. The summed E-state index contributed by atoms with van der Waals surface area (Å²) < 4.78 is 0. The molecule has 0 aliphatic heterocycles. The van der Waals surface area contributed by atoms with E-state index in [4.69, 9.17) is 5.11 Å². The van der Waals surface area contributed by atoms with Crippen molar-refractivity contribution in [2.75, 3.05) is 13.2 Å². The molecule has 0 saturated carbocycles. The van der Waals surface area contributed by atoms with E-state index in [2.05, 4.69) is 5.32 Å². The van der Waals surface area contributed by atoms with Crippen molar-refractivity contribution in [2.24, 2.45) is 0 Å². The first kappa shape index (κ1) is 21.2. The van der Waals surface area contributed by atoms with Gasteiger partial charge in [-0.05, 0) is 13.0 Å². The molecule has 0 rings (SSSR count). The summed E-state index contributed by atoms with van der Waals surface area (Å²) in [7, 11) is 0. The molecule has 2 N–H and O–H groups in total. The number of carboxylic acids is 2. The van der Waals surface area contributed by atoms with Crippen molar-refractivity contribution in [1.29, 1.82) is 0 Å². The maximum absolute atomic E-state index is 10.3. The number of aliphatic carboxylic acids is 2. The molecule has 0 aromatic heterocycles. The van der Waals surface area contributed by atoms with E-state index >= 15 is 0 Å². The second-order valence-corrected chi connectivity index (χ2v) is 2.48. The fourth-order valence-electron chi connectivity index (χ4n) is 0.761. The molecule has 0 bridgehead atoms. The summed E-state index contributed by atoms with van der Waals surface area (Å²) in [4.78, 5) is 20.4. The number of carboxylic acid groups (broad SMARTS) is 2. The van der Waals surface area contributed by atoms with Gasteiger partial charge in [0.1, 0.15) is 0 Å². The van der Waals surface area contributed by atoms with Gasteiger partial charge >= 0.3 is 59.1 Å². The number of nitrogens with one attached hydrogen (secondary N) is 1. The second-order valence-electron chi connectivity index (χ2n) is 2.48. The van der Waals surface area contributed by atoms with Crippen molar-refractivity contribution in [2.45, 2.75) is 18.9 Å². The maximum atomic E-state index is 10.3. The van der Waals surface area contributed by atoms with Crippen LogP contribution in [0.15, 0.2) is 0 Å². The van der Waals surface area contributed by atoms with Crippen molar-refractivity contribution in [3.05, 3.63) is 0 Å². The van der Waals surface area contributed by atoms with Gasteiger partial charge in [-0.3, -0.25) is 0 Å². The first-order valence-corrected chi connectivity index (χ1v) is 3.83. The first-order valence-electron chi connectivity index (χ1n) is 3.83. The normalized spacial score (nSPS) is 10.7. The molecule has 0 aromatic rings. The summed E-state index contributed by atoms with van der Waals surface area (Å²) in [6.07, 6.45) is -0.273. The van der Waals surface area contributed by atoms with E-state index < -0.39 is 24.4 Å². The Labute approximate surface area is 132 Å². The van der Waals surface area contributed by atoms with Gasteiger partial charge in [-0.25, -0.2) is 0 Å². The molecule has 0 heterocycles. The van der Waals surface area contributed by atoms with Crippen molar-refractivity contribution in [3.63, 3.8) is 0 Å². The fraction of sp³-hybridized carbons (Fsp3) is 0.714. The van der Waals surface area contributed by atoms with Gasteiger partial charge in [0.2, 0.25) is 0 Å². The van der Waals surface area contributed by atoms with Crippen LogP contribution in [0.2, 0.25) is 0 Å². The van der Waals surface area contributed by atoms with Crippen LogP contribution in [-0.4, -0.2) is 36.2 Å². The van der Waals surface area contributed by atoms with Gasteiger partial charge in [-0.1, -0.05) is 0 Å². The van der Waals surface area contributed by atoms with Gasteiger partial charge in [0.15, 0.2) is 0 Å². The topological polar surface area (TPSA) is 113 Å². The fourth-order valence-corrected chi connectivity index (χ4v) is 0.761. The minimum absolute atomic E-state index is 0. The van der Waals surface area contributed by atoms with Crippen LogP contribution in [0.5, 0.6) is 0 Å². The van der Waals surface area contributed by atoms with Crippen LogP contribution in [0.1, 0.15) is 12.8 Å². The number of hydrogen-bond donors (Lipinski definition) is 2. The molecule has 8 heteroatoms. The molecule has 0 aliphatic rings. The Balaban J connectivity index is -0.000000720. The monoisotopic (exact) mass is 235 g/mol. The van der Waals surface area contributed by atoms with Gasteiger partial charge in [-0.15, -0.1) is 0 Å². The van der Waals surface area contributed by atoms with Gasteiger partial charge < -0.3 is 30.2 Å². The van der Waals surface area contributed by atoms with E-state index in [0.717, 1.165) is 0 Å². The molecule has 0 unspecified atom stereocenters. The Morgan fingerprint density at radius 3 is 2.13 bits per heavy atom. The number of carbonyl (C=O) groups excluding carboxylic acids is 2. The summed E-state index contributed by atoms with van der Waals surface area (Å²) in [5, 5.41) is 31.1. The molecular weight excluding hydrogens is 224 g/mol. The molecule has 76 valence electrons. The van der Waals surface area contributed by atoms with Crippen LogP contribution in [0.3, 0.4) is 0 Å². The molecule has 0 aliphatic carbocycles. The van der Waals surface area contributed by atoms with Crippen LogP contribution >= 0.6 is 0 Å². The quantitative estimate of drug-likeness (QED) is 0.334. The van der Waals surface area contributed by atoms with Crippen LogP contribution in [0.4, 0.5) is 0 Å². The molecule has 0 aromatic carbocycles. The molecule has 0 spiro atoms. The molecule has 0 radical (unpaired) electrons. The average Bonchev–Trinajstić information content (AvgIpc) is 2.02. The molecule has 0 amide bonds. The van der Waals surface area contributed by atoms with E-state index in [1.165, 1.54) is 0 Å². The van der Waals surface area contributed by atoms with Crippen molar-refractivity contribution >= 4 is 11.9 Å². The third kappa shape index (κ3) is 12.8. The van der Waals surface area contributed by atoms with Crippen LogP contribution in [0.25, 0.3) is 0 Å². The van der Waals surface area contributed by atoms with Crippen molar-refractivity contribution < 1.29 is 84.0 Å². The number of rotatable bonds is 7. The standard InChI is InChI=1S/C7H13NO5.2Na/c9-3-1-2-8-5(7(12)13)4-6(10)11;;/h5,8-9H,1-4H2,(H,10,11)(H,12,13);;/q;2*+1/p-2/t5-;;/m0../s1. The van der Waals surface area contributed by atoms with E-state index in [1.807, 2.05) is 0 Å². The van der Waals surface area contributed by atoms with Gasteiger partial charge in [0.25, 0.3) is 0 Å². The Bertz CT molecular complexity index is 190. The number of carbonyl (C=O) groups is 2. The maximum Gasteiger partial charge on any atom is 1.00 e. The van der Waals surface area contributed by atoms with Crippen molar-refractivity contribution in [3.8, 4) is 0 Å². The van der Waals surface area contributed by atoms with Gasteiger partial charge in [-0.2, -0.15) is 0 Å². The Kier molecular flexibility index (Phi) is 18.3. The molecular formula is C7H11NNa2O5. The Hall–Kier alpha value is 0.860. The van der Waals surface area contributed by atoms with E-state index in [0.29, 0.717) is 6.42 Å². The largest absolute Gasteiger partial charge is 1.00 e. The van der Waals surface area contributed by atoms with Crippen LogP contribution in [-0.2, 0) is 9.59 Å². The van der Waals surface area contributed by atoms with Gasteiger partial charge in [0, 0.05) is 19.0 Å².